The highest BCUT2D eigenvalue weighted by Crippen LogP contribution is 2.09. The summed E-state index contributed by atoms with van der Waals surface area (Å²) in [6.07, 6.45) is 3.64. The van der Waals surface area contributed by atoms with Gasteiger partial charge in [0, 0.05) is 6.04 Å². The van der Waals surface area contributed by atoms with Crippen LogP contribution >= 0.6 is 0 Å². The number of nitrogens with one attached hydrogen (secondary N) is 2. The highest BCUT2D eigenvalue weighted by atomic mass is 16.1. The van der Waals surface area contributed by atoms with Gasteiger partial charge in [-0.1, -0.05) is 38.8 Å². The maximum absolute atomic E-state index is 12.0. The van der Waals surface area contributed by atoms with Crippen LogP contribution in [0.1, 0.15) is 45.9 Å². The van der Waals surface area contributed by atoms with Crippen LogP contribution in [-0.2, 0) is 6.54 Å². The van der Waals surface area contributed by atoms with Gasteiger partial charge >= 0.3 is 0 Å². The summed E-state index contributed by atoms with van der Waals surface area (Å²) >= 11 is 0. The molecule has 0 saturated carbocycles. The quantitative estimate of drug-likeness (QED) is 0.822. The number of aromatic nitrogens is 2. The lowest BCUT2D eigenvalue weighted by molar-refractivity contribution is 0.453. The van der Waals surface area contributed by atoms with Gasteiger partial charge in [0.15, 0.2) is 0 Å². The van der Waals surface area contributed by atoms with Crippen LogP contribution in [0.3, 0.4) is 0 Å². The van der Waals surface area contributed by atoms with Gasteiger partial charge in [-0.05, 0) is 31.4 Å². The molecular formula is C17H25N3O. The van der Waals surface area contributed by atoms with Crippen LogP contribution in [0.4, 0.5) is 0 Å². The number of benzene rings is 1. The molecule has 0 spiro atoms. The lowest BCUT2D eigenvalue weighted by Gasteiger charge is -2.14. The minimum absolute atomic E-state index is 0.0649. The first-order valence-corrected chi connectivity index (χ1v) is 7.77. The van der Waals surface area contributed by atoms with Crippen molar-refractivity contribution < 1.29 is 0 Å². The van der Waals surface area contributed by atoms with Crippen LogP contribution in [-0.4, -0.2) is 16.0 Å². The average molecular weight is 287 g/mol. The highest BCUT2D eigenvalue weighted by Gasteiger charge is 2.06. The van der Waals surface area contributed by atoms with Crippen molar-refractivity contribution in [3.8, 4) is 0 Å². The Hall–Kier alpha value is -1.68. The number of para-hydroxylation sites is 1. The molecular weight excluding hydrogens is 262 g/mol. The van der Waals surface area contributed by atoms with Gasteiger partial charge in [0.1, 0.15) is 5.82 Å². The largest absolute Gasteiger partial charge is 0.309 e. The highest BCUT2D eigenvalue weighted by molar-refractivity contribution is 5.77. The van der Waals surface area contributed by atoms with Crippen LogP contribution < -0.4 is 10.9 Å². The molecule has 0 bridgehead atoms. The molecule has 4 heteroatoms. The first-order valence-electron chi connectivity index (χ1n) is 7.77. The van der Waals surface area contributed by atoms with Crippen molar-refractivity contribution in [2.24, 2.45) is 5.92 Å². The molecule has 1 aromatic heterocycles. The SMILES string of the molecule is CC(C)CCCC(C)NCc1nc2ccccc2c(=O)[nH]1. The maximum atomic E-state index is 12.0. The van der Waals surface area contributed by atoms with E-state index < -0.39 is 0 Å². The van der Waals surface area contributed by atoms with Crippen LogP contribution in [0.2, 0.25) is 0 Å². The second-order valence-electron chi connectivity index (χ2n) is 6.14. The van der Waals surface area contributed by atoms with Crippen molar-refractivity contribution in [2.45, 2.75) is 52.6 Å². The van der Waals surface area contributed by atoms with Crippen molar-refractivity contribution in [2.75, 3.05) is 0 Å². The zero-order valence-corrected chi connectivity index (χ0v) is 13.1. The Morgan fingerprint density at radius 1 is 1.19 bits per heavy atom. The molecule has 0 saturated heterocycles. The van der Waals surface area contributed by atoms with Gasteiger partial charge in [-0.3, -0.25) is 4.79 Å². The van der Waals surface area contributed by atoms with Crippen molar-refractivity contribution in [3.63, 3.8) is 0 Å². The second-order valence-corrected chi connectivity index (χ2v) is 6.14. The number of hydrogen-bond donors (Lipinski definition) is 2. The Labute approximate surface area is 126 Å². The number of rotatable bonds is 7. The second kappa shape index (κ2) is 7.36. The molecule has 0 amide bonds. The van der Waals surface area contributed by atoms with E-state index in [1.807, 2.05) is 18.2 Å². The Kier molecular flexibility index (Phi) is 5.51. The fourth-order valence-electron chi connectivity index (χ4n) is 2.42. The molecule has 1 atom stereocenters. The minimum Gasteiger partial charge on any atom is -0.309 e. The van der Waals surface area contributed by atoms with E-state index in [1.54, 1.807) is 6.07 Å². The lowest BCUT2D eigenvalue weighted by atomic mass is 10.0. The predicted octanol–water partition coefficient (Wildman–Crippen LogP) is 3.23. The van der Waals surface area contributed by atoms with Crippen LogP contribution in [0.15, 0.2) is 29.1 Å². The summed E-state index contributed by atoms with van der Waals surface area (Å²) in [5.74, 6) is 1.46. The zero-order chi connectivity index (χ0) is 15.2. The van der Waals surface area contributed by atoms with Crippen molar-refractivity contribution in [1.82, 2.24) is 15.3 Å². The van der Waals surface area contributed by atoms with E-state index in [1.165, 1.54) is 12.8 Å². The first-order chi connectivity index (χ1) is 10.1. The molecule has 1 unspecified atom stereocenters. The van der Waals surface area contributed by atoms with Crippen LogP contribution in [0, 0.1) is 5.92 Å². The Morgan fingerprint density at radius 2 is 1.95 bits per heavy atom. The molecule has 21 heavy (non-hydrogen) atoms. The van der Waals surface area contributed by atoms with Gasteiger partial charge in [0.25, 0.3) is 5.56 Å². The molecule has 4 nitrogen and oxygen atoms in total. The van der Waals surface area contributed by atoms with Gasteiger partial charge in [-0.25, -0.2) is 4.98 Å². The van der Waals surface area contributed by atoms with E-state index >= 15 is 0 Å². The van der Waals surface area contributed by atoms with E-state index in [0.717, 1.165) is 17.9 Å². The summed E-state index contributed by atoms with van der Waals surface area (Å²) in [6.45, 7) is 7.28. The summed E-state index contributed by atoms with van der Waals surface area (Å²) < 4.78 is 0. The Balaban J connectivity index is 1.93. The fraction of sp³-hybridized carbons (Fsp3) is 0.529. The van der Waals surface area contributed by atoms with E-state index in [0.29, 0.717) is 23.8 Å². The number of hydrogen-bond acceptors (Lipinski definition) is 3. The average Bonchev–Trinajstić information content (AvgIpc) is 2.45. The van der Waals surface area contributed by atoms with Gasteiger partial charge in [0.05, 0.1) is 17.4 Å². The molecule has 2 N–H and O–H groups in total. The summed E-state index contributed by atoms with van der Waals surface area (Å²) in [7, 11) is 0. The van der Waals surface area contributed by atoms with Gasteiger partial charge in [0.2, 0.25) is 0 Å². The third-order valence-electron chi connectivity index (χ3n) is 3.70. The van der Waals surface area contributed by atoms with E-state index in [9.17, 15) is 4.79 Å². The summed E-state index contributed by atoms with van der Waals surface area (Å²) in [5, 5.41) is 4.08. The van der Waals surface area contributed by atoms with Crippen molar-refractivity contribution >= 4 is 10.9 Å². The third-order valence-corrected chi connectivity index (χ3v) is 3.70. The number of H-pyrrole nitrogens is 1. The molecule has 2 aromatic rings. The zero-order valence-electron chi connectivity index (χ0n) is 13.1. The predicted molar refractivity (Wildman–Crippen MR) is 87.4 cm³/mol. The monoisotopic (exact) mass is 287 g/mol. The molecule has 2 rings (SSSR count). The molecule has 0 fully saturated rings. The van der Waals surface area contributed by atoms with Crippen LogP contribution in [0.25, 0.3) is 10.9 Å². The summed E-state index contributed by atoms with van der Waals surface area (Å²) in [5.41, 5.74) is 0.690. The molecule has 0 radical (unpaired) electrons. The molecule has 1 aromatic carbocycles. The van der Waals surface area contributed by atoms with Crippen molar-refractivity contribution in [1.29, 1.82) is 0 Å². The lowest BCUT2D eigenvalue weighted by Crippen LogP contribution is -2.27. The minimum atomic E-state index is -0.0649. The molecule has 0 aliphatic carbocycles. The molecule has 0 aliphatic heterocycles. The fourth-order valence-corrected chi connectivity index (χ4v) is 2.42. The topological polar surface area (TPSA) is 57.8 Å². The Bertz CT molecular complexity index is 633. The number of fused-ring (bicyclic) bond motifs is 1. The number of aromatic amines is 1. The standard InChI is InChI=1S/C17H25N3O/c1-12(2)7-6-8-13(3)18-11-16-19-15-10-5-4-9-14(15)17(21)20-16/h4-5,9-10,12-13,18H,6-8,11H2,1-3H3,(H,19,20,21). The smallest absolute Gasteiger partial charge is 0.258 e. The van der Waals surface area contributed by atoms with E-state index in [2.05, 4.69) is 36.1 Å². The molecule has 1 heterocycles. The normalized spacial score (nSPS) is 13.0. The van der Waals surface area contributed by atoms with Gasteiger partial charge < -0.3 is 10.3 Å². The Morgan fingerprint density at radius 3 is 2.71 bits per heavy atom. The van der Waals surface area contributed by atoms with Crippen molar-refractivity contribution in [3.05, 3.63) is 40.4 Å². The van der Waals surface area contributed by atoms with E-state index in [-0.39, 0.29) is 5.56 Å². The first kappa shape index (κ1) is 15.7. The molecule has 114 valence electrons. The van der Waals surface area contributed by atoms with Crippen LogP contribution in [0.5, 0.6) is 0 Å². The van der Waals surface area contributed by atoms with E-state index in [4.69, 9.17) is 0 Å². The van der Waals surface area contributed by atoms with Gasteiger partial charge in [-0.15, -0.1) is 0 Å². The summed E-state index contributed by atoms with van der Waals surface area (Å²) in [4.78, 5) is 19.3. The van der Waals surface area contributed by atoms with Gasteiger partial charge in [-0.2, -0.15) is 0 Å². The third kappa shape index (κ3) is 4.67. The molecule has 0 aliphatic rings. The maximum Gasteiger partial charge on any atom is 0.258 e. The number of nitrogens with zero attached hydrogens (tertiary/aromatic N) is 1. The summed E-state index contributed by atoms with van der Waals surface area (Å²) in [6, 6.07) is 7.86.